The Labute approximate surface area is 163 Å². The van der Waals surface area contributed by atoms with Crippen LogP contribution >= 0.6 is 15.9 Å². The molecular weight excluding hydrogens is 403 g/mol. The van der Waals surface area contributed by atoms with E-state index in [1.54, 1.807) is 0 Å². The van der Waals surface area contributed by atoms with E-state index in [0.717, 1.165) is 39.1 Å². The highest BCUT2D eigenvalue weighted by Gasteiger charge is 2.27. The molecule has 0 aromatic heterocycles. The number of nitrogens with zero attached hydrogens (tertiary/aromatic N) is 1. The molecule has 1 aromatic carbocycles. The number of benzene rings is 1. The number of carbonyl (C=O) groups is 1. The molecule has 0 radical (unpaired) electrons. The lowest BCUT2D eigenvalue weighted by Gasteiger charge is -2.38. The van der Waals surface area contributed by atoms with Crippen molar-refractivity contribution in [3.63, 3.8) is 0 Å². The monoisotopic (exact) mass is 430 g/mol. The lowest BCUT2D eigenvalue weighted by Crippen LogP contribution is -2.52. The number of halogens is 2. The van der Waals surface area contributed by atoms with Gasteiger partial charge in [-0.2, -0.15) is 0 Å². The Morgan fingerprint density at radius 2 is 2.04 bits per heavy atom. The molecule has 1 amide bonds. The molecule has 1 fully saturated rings. The zero-order valence-electron chi connectivity index (χ0n) is 15.5. The first-order valence-corrected chi connectivity index (χ1v) is 10.0. The molecule has 1 N–H and O–H groups in total. The topological polar surface area (TPSA) is 50.8 Å². The van der Waals surface area contributed by atoms with Gasteiger partial charge in [0, 0.05) is 25.7 Å². The minimum Gasteiger partial charge on any atom is -0.483 e. The average molecular weight is 431 g/mol. The van der Waals surface area contributed by atoms with Gasteiger partial charge in [0.15, 0.2) is 6.61 Å². The summed E-state index contributed by atoms with van der Waals surface area (Å²) in [6, 6.07) is 4.43. The second kappa shape index (κ2) is 10.8. The summed E-state index contributed by atoms with van der Waals surface area (Å²) in [5, 5.41) is 2.99. The van der Waals surface area contributed by atoms with E-state index in [0.29, 0.717) is 28.7 Å². The van der Waals surface area contributed by atoms with Crippen LogP contribution in [0.4, 0.5) is 4.39 Å². The Hall–Kier alpha value is -1.18. The van der Waals surface area contributed by atoms with Crippen molar-refractivity contribution in [2.45, 2.75) is 32.7 Å². The normalized spacial score (nSPS) is 16.5. The van der Waals surface area contributed by atoms with Crippen LogP contribution in [-0.4, -0.2) is 56.3 Å². The van der Waals surface area contributed by atoms with Gasteiger partial charge in [-0.3, -0.25) is 9.69 Å². The van der Waals surface area contributed by atoms with Crippen molar-refractivity contribution < 1.29 is 18.7 Å². The van der Waals surface area contributed by atoms with Gasteiger partial charge in [-0.05, 0) is 40.0 Å². The number of morpholine rings is 1. The Balaban J connectivity index is 1.87. The summed E-state index contributed by atoms with van der Waals surface area (Å²) >= 11 is 3.23. The van der Waals surface area contributed by atoms with Crippen molar-refractivity contribution in [2.24, 2.45) is 5.92 Å². The second-order valence-electron chi connectivity index (χ2n) is 6.46. The summed E-state index contributed by atoms with van der Waals surface area (Å²) in [5.41, 5.74) is 0. The zero-order valence-corrected chi connectivity index (χ0v) is 17.1. The Kier molecular flexibility index (Phi) is 8.81. The number of carbonyl (C=O) groups excluding carboxylic acids is 1. The molecule has 1 aromatic rings. The molecule has 1 aliphatic rings. The van der Waals surface area contributed by atoms with Crippen LogP contribution < -0.4 is 10.1 Å². The Morgan fingerprint density at radius 3 is 2.65 bits per heavy atom. The SMILES string of the molecule is CCC(CC)C(CNC(=O)COc1ccc(F)cc1Br)N1CCOCC1. The van der Waals surface area contributed by atoms with Crippen LogP contribution in [0.1, 0.15) is 26.7 Å². The van der Waals surface area contributed by atoms with Crippen molar-refractivity contribution in [2.75, 3.05) is 39.5 Å². The number of hydrogen-bond donors (Lipinski definition) is 1. The lowest BCUT2D eigenvalue weighted by atomic mass is 9.92. The van der Waals surface area contributed by atoms with Crippen molar-refractivity contribution in [3.05, 3.63) is 28.5 Å². The van der Waals surface area contributed by atoms with Crippen LogP contribution in [-0.2, 0) is 9.53 Å². The van der Waals surface area contributed by atoms with E-state index in [1.165, 1.54) is 18.2 Å². The van der Waals surface area contributed by atoms with Crippen LogP contribution in [0.3, 0.4) is 0 Å². The lowest BCUT2D eigenvalue weighted by molar-refractivity contribution is -0.123. The molecule has 5 nitrogen and oxygen atoms in total. The highest BCUT2D eigenvalue weighted by molar-refractivity contribution is 9.10. The van der Waals surface area contributed by atoms with Crippen molar-refractivity contribution >= 4 is 21.8 Å². The molecule has 2 rings (SSSR count). The van der Waals surface area contributed by atoms with E-state index in [1.807, 2.05) is 0 Å². The highest BCUT2D eigenvalue weighted by Crippen LogP contribution is 2.25. The van der Waals surface area contributed by atoms with E-state index < -0.39 is 0 Å². The molecule has 1 saturated heterocycles. The minimum absolute atomic E-state index is 0.0943. The third-order valence-electron chi connectivity index (χ3n) is 4.87. The number of ether oxygens (including phenoxy) is 2. The van der Waals surface area contributed by atoms with Gasteiger partial charge in [0.05, 0.1) is 17.7 Å². The van der Waals surface area contributed by atoms with Gasteiger partial charge in [0.25, 0.3) is 5.91 Å². The predicted octanol–water partition coefficient (Wildman–Crippen LogP) is 3.22. The predicted molar refractivity (Wildman–Crippen MR) is 103 cm³/mol. The number of nitrogens with one attached hydrogen (secondary N) is 1. The summed E-state index contributed by atoms with van der Waals surface area (Å²) in [6.07, 6.45) is 2.15. The summed E-state index contributed by atoms with van der Waals surface area (Å²) in [6.45, 7) is 8.17. The smallest absolute Gasteiger partial charge is 0.257 e. The van der Waals surface area contributed by atoms with Gasteiger partial charge in [0.1, 0.15) is 11.6 Å². The summed E-state index contributed by atoms with van der Waals surface area (Å²) < 4.78 is 24.5. The summed E-state index contributed by atoms with van der Waals surface area (Å²) in [5.74, 6) is 0.449. The zero-order chi connectivity index (χ0) is 18.9. The maximum atomic E-state index is 13.1. The van der Waals surface area contributed by atoms with E-state index in [4.69, 9.17) is 9.47 Å². The largest absolute Gasteiger partial charge is 0.483 e. The van der Waals surface area contributed by atoms with Gasteiger partial charge in [-0.25, -0.2) is 4.39 Å². The summed E-state index contributed by atoms with van der Waals surface area (Å²) in [4.78, 5) is 14.6. The van der Waals surface area contributed by atoms with Crippen LogP contribution in [0, 0.1) is 11.7 Å². The highest BCUT2D eigenvalue weighted by atomic mass is 79.9. The average Bonchev–Trinajstić information content (AvgIpc) is 2.65. The van der Waals surface area contributed by atoms with E-state index in [2.05, 4.69) is 40.0 Å². The van der Waals surface area contributed by atoms with Gasteiger partial charge >= 0.3 is 0 Å². The molecule has 7 heteroatoms. The van der Waals surface area contributed by atoms with Gasteiger partial charge in [0.2, 0.25) is 0 Å². The van der Waals surface area contributed by atoms with Crippen LogP contribution in [0.5, 0.6) is 5.75 Å². The molecule has 1 aliphatic heterocycles. The van der Waals surface area contributed by atoms with Crippen molar-refractivity contribution in [1.29, 1.82) is 0 Å². The molecular formula is C19H28BrFN2O3. The molecule has 0 spiro atoms. The third-order valence-corrected chi connectivity index (χ3v) is 5.49. The molecule has 0 aliphatic carbocycles. The van der Waals surface area contributed by atoms with Crippen molar-refractivity contribution in [1.82, 2.24) is 10.2 Å². The van der Waals surface area contributed by atoms with Crippen LogP contribution in [0.25, 0.3) is 0 Å². The first-order chi connectivity index (χ1) is 12.5. The van der Waals surface area contributed by atoms with Gasteiger partial charge in [-0.15, -0.1) is 0 Å². The molecule has 146 valence electrons. The third kappa shape index (κ3) is 6.21. The molecule has 1 heterocycles. The number of hydrogen-bond acceptors (Lipinski definition) is 4. The quantitative estimate of drug-likeness (QED) is 0.653. The Bertz CT molecular complexity index is 578. The first-order valence-electron chi connectivity index (χ1n) is 9.21. The maximum Gasteiger partial charge on any atom is 0.257 e. The fraction of sp³-hybridized carbons (Fsp3) is 0.632. The van der Waals surface area contributed by atoms with E-state index in [9.17, 15) is 9.18 Å². The fourth-order valence-corrected chi connectivity index (χ4v) is 3.81. The van der Waals surface area contributed by atoms with Gasteiger partial charge in [-0.1, -0.05) is 26.7 Å². The standard InChI is InChI=1S/C19H28BrFN2O3/c1-3-14(4-2)17(23-7-9-25-10-8-23)12-22-19(24)13-26-18-6-5-15(21)11-16(18)20/h5-6,11,14,17H,3-4,7-10,12-13H2,1-2H3,(H,22,24). The molecule has 1 unspecified atom stereocenters. The fourth-order valence-electron chi connectivity index (χ4n) is 3.34. The minimum atomic E-state index is -0.354. The summed E-state index contributed by atoms with van der Waals surface area (Å²) in [7, 11) is 0. The molecule has 0 bridgehead atoms. The number of rotatable bonds is 9. The Morgan fingerprint density at radius 1 is 1.35 bits per heavy atom. The van der Waals surface area contributed by atoms with Crippen LogP contribution in [0.2, 0.25) is 0 Å². The molecule has 1 atom stereocenters. The second-order valence-corrected chi connectivity index (χ2v) is 7.31. The van der Waals surface area contributed by atoms with Crippen LogP contribution in [0.15, 0.2) is 22.7 Å². The molecule has 26 heavy (non-hydrogen) atoms. The first kappa shape index (κ1) is 21.1. The van der Waals surface area contributed by atoms with Gasteiger partial charge < -0.3 is 14.8 Å². The van der Waals surface area contributed by atoms with Crippen molar-refractivity contribution in [3.8, 4) is 5.75 Å². The van der Waals surface area contributed by atoms with E-state index in [-0.39, 0.29) is 18.3 Å². The maximum absolute atomic E-state index is 13.1. The molecule has 0 saturated carbocycles. The number of amides is 1. The van der Waals surface area contributed by atoms with E-state index >= 15 is 0 Å².